The van der Waals surface area contributed by atoms with Crippen molar-refractivity contribution >= 4 is 23.3 Å². The summed E-state index contributed by atoms with van der Waals surface area (Å²) in [5, 5.41) is 9.54. The molecule has 1 N–H and O–H groups in total. The summed E-state index contributed by atoms with van der Waals surface area (Å²) in [6, 6.07) is 6.83. The molecule has 3 rings (SSSR count). The van der Waals surface area contributed by atoms with Gasteiger partial charge in [-0.25, -0.2) is 9.78 Å². The van der Waals surface area contributed by atoms with Crippen LogP contribution in [0.4, 0.5) is 0 Å². The van der Waals surface area contributed by atoms with Gasteiger partial charge in [0.2, 0.25) is 0 Å². The minimum Gasteiger partial charge on any atom is -0.508 e. The van der Waals surface area contributed by atoms with Gasteiger partial charge in [0.15, 0.2) is 11.2 Å². The summed E-state index contributed by atoms with van der Waals surface area (Å²) in [4.78, 5) is 29.5. The van der Waals surface area contributed by atoms with Crippen LogP contribution in [0.3, 0.4) is 0 Å². The number of rotatable bonds is 4. The SMILES string of the molecule is CCn1c(=O)c2c(nc(/C=C/c3cccc(O)c3)n2C)n(CC)c1=O. The maximum atomic E-state index is 12.6. The zero-order valence-electron chi connectivity index (χ0n) is 14.4. The van der Waals surface area contributed by atoms with Gasteiger partial charge in [-0.2, -0.15) is 0 Å². The van der Waals surface area contributed by atoms with E-state index in [0.29, 0.717) is 30.1 Å². The number of aryl methyl sites for hydroxylation is 2. The zero-order chi connectivity index (χ0) is 18.1. The van der Waals surface area contributed by atoms with E-state index >= 15 is 0 Å². The highest BCUT2D eigenvalue weighted by atomic mass is 16.3. The van der Waals surface area contributed by atoms with Gasteiger partial charge in [0.25, 0.3) is 5.56 Å². The van der Waals surface area contributed by atoms with Crippen LogP contribution in [0, 0.1) is 0 Å². The molecule has 3 aromatic rings. The quantitative estimate of drug-likeness (QED) is 0.785. The highest BCUT2D eigenvalue weighted by Gasteiger charge is 2.17. The predicted molar refractivity (Wildman–Crippen MR) is 97.6 cm³/mol. The minimum atomic E-state index is -0.343. The molecule has 0 spiro atoms. The van der Waals surface area contributed by atoms with Crippen molar-refractivity contribution in [2.45, 2.75) is 26.9 Å². The average Bonchev–Trinajstić information content (AvgIpc) is 2.91. The summed E-state index contributed by atoms with van der Waals surface area (Å²) in [6.45, 7) is 4.37. The monoisotopic (exact) mass is 340 g/mol. The number of aromatic nitrogens is 4. The minimum absolute atomic E-state index is 0.179. The Kier molecular flexibility index (Phi) is 4.31. The van der Waals surface area contributed by atoms with Crippen molar-refractivity contribution in [2.75, 3.05) is 0 Å². The third-order valence-electron chi connectivity index (χ3n) is 4.20. The molecule has 2 heterocycles. The van der Waals surface area contributed by atoms with Gasteiger partial charge in [0, 0.05) is 20.1 Å². The smallest absolute Gasteiger partial charge is 0.332 e. The lowest BCUT2D eigenvalue weighted by molar-refractivity contribution is 0.475. The van der Waals surface area contributed by atoms with E-state index in [1.165, 1.54) is 9.13 Å². The van der Waals surface area contributed by atoms with Crippen molar-refractivity contribution in [3.63, 3.8) is 0 Å². The van der Waals surface area contributed by atoms with E-state index in [2.05, 4.69) is 4.98 Å². The lowest BCUT2D eigenvalue weighted by Crippen LogP contribution is -2.39. The number of hydrogen-bond donors (Lipinski definition) is 1. The third kappa shape index (κ3) is 2.77. The summed E-state index contributed by atoms with van der Waals surface area (Å²) in [5.41, 5.74) is 0.924. The molecule has 0 fully saturated rings. The van der Waals surface area contributed by atoms with Crippen LogP contribution in [0.25, 0.3) is 23.3 Å². The molecule has 130 valence electrons. The first-order valence-corrected chi connectivity index (χ1v) is 8.15. The van der Waals surface area contributed by atoms with E-state index in [0.717, 1.165) is 5.56 Å². The van der Waals surface area contributed by atoms with Crippen LogP contribution in [-0.2, 0) is 20.1 Å². The van der Waals surface area contributed by atoms with Gasteiger partial charge in [0.05, 0.1) is 0 Å². The molecule has 0 unspecified atom stereocenters. The molecule has 0 aliphatic carbocycles. The molecule has 0 saturated carbocycles. The molecular weight excluding hydrogens is 320 g/mol. The molecule has 0 amide bonds. The van der Waals surface area contributed by atoms with Crippen LogP contribution >= 0.6 is 0 Å². The van der Waals surface area contributed by atoms with Gasteiger partial charge in [-0.15, -0.1) is 0 Å². The van der Waals surface area contributed by atoms with E-state index in [9.17, 15) is 14.7 Å². The summed E-state index contributed by atoms with van der Waals surface area (Å²) in [5.74, 6) is 0.740. The van der Waals surface area contributed by atoms with Crippen LogP contribution in [0.1, 0.15) is 25.2 Å². The Morgan fingerprint density at radius 1 is 1.12 bits per heavy atom. The Balaban J connectivity index is 2.22. The van der Waals surface area contributed by atoms with E-state index in [4.69, 9.17) is 0 Å². The Morgan fingerprint density at radius 2 is 1.84 bits per heavy atom. The van der Waals surface area contributed by atoms with Gasteiger partial charge < -0.3 is 9.67 Å². The Labute approximate surface area is 144 Å². The number of phenolic OH excluding ortho intramolecular Hbond substituents is 1. The second kappa shape index (κ2) is 6.43. The van der Waals surface area contributed by atoms with Gasteiger partial charge in [-0.05, 0) is 37.6 Å². The number of hydrogen-bond acceptors (Lipinski definition) is 4. The molecule has 0 aliphatic rings. The second-order valence-electron chi connectivity index (χ2n) is 5.71. The first-order chi connectivity index (χ1) is 12.0. The fourth-order valence-corrected chi connectivity index (χ4v) is 2.89. The molecule has 25 heavy (non-hydrogen) atoms. The van der Waals surface area contributed by atoms with E-state index in [1.807, 2.05) is 13.0 Å². The molecule has 0 atom stereocenters. The first-order valence-electron chi connectivity index (χ1n) is 8.15. The van der Waals surface area contributed by atoms with Crippen LogP contribution in [0.2, 0.25) is 0 Å². The van der Waals surface area contributed by atoms with E-state index < -0.39 is 0 Å². The zero-order valence-corrected chi connectivity index (χ0v) is 14.4. The first kappa shape index (κ1) is 16.8. The molecule has 1 aromatic carbocycles. The summed E-state index contributed by atoms with van der Waals surface area (Å²) in [7, 11) is 1.75. The van der Waals surface area contributed by atoms with Crippen molar-refractivity contribution < 1.29 is 5.11 Å². The van der Waals surface area contributed by atoms with Gasteiger partial charge >= 0.3 is 5.69 Å². The van der Waals surface area contributed by atoms with E-state index in [1.54, 1.807) is 48.9 Å². The van der Waals surface area contributed by atoms with Crippen molar-refractivity contribution in [1.82, 2.24) is 18.7 Å². The fourth-order valence-electron chi connectivity index (χ4n) is 2.89. The number of aromatic hydroxyl groups is 1. The molecule has 0 saturated heterocycles. The fraction of sp³-hybridized carbons (Fsp3) is 0.278. The van der Waals surface area contributed by atoms with Crippen LogP contribution in [-0.4, -0.2) is 23.8 Å². The van der Waals surface area contributed by atoms with E-state index in [-0.39, 0.29) is 17.0 Å². The topological polar surface area (TPSA) is 82.1 Å². The Morgan fingerprint density at radius 3 is 2.48 bits per heavy atom. The number of nitrogens with zero attached hydrogens (tertiary/aromatic N) is 4. The lowest BCUT2D eigenvalue weighted by Gasteiger charge is -2.08. The number of benzene rings is 1. The molecule has 7 nitrogen and oxygen atoms in total. The molecular formula is C18H20N4O3. The molecule has 7 heteroatoms. The normalized spacial score (nSPS) is 11.6. The molecule has 0 radical (unpaired) electrons. The Bertz CT molecular complexity index is 1090. The molecule has 0 bridgehead atoms. The maximum Gasteiger partial charge on any atom is 0.332 e. The highest BCUT2D eigenvalue weighted by molar-refractivity contribution is 5.76. The molecule has 0 aliphatic heterocycles. The van der Waals surface area contributed by atoms with Crippen molar-refractivity contribution in [2.24, 2.45) is 7.05 Å². The maximum absolute atomic E-state index is 12.6. The number of phenols is 1. The summed E-state index contributed by atoms with van der Waals surface area (Å²) < 4.78 is 4.41. The number of fused-ring (bicyclic) bond motifs is 1. The van der Waals surface area contributed by atoms with Crippen LogP contribution < -0.4 is 11.2 Å². The predicted octanol–water partition coefficient (Wildman–Crippen LogP) is 1.81. The van der Waals surface area contributed by atoms with Gasteiger partial charge in [-0.1, -0.05) is 18.2 Å². The standard InChI is InChI=1S/C18H20N4O3/c1-4-21-16-15(17(24)22(5-2)18(21)25)20(3)14(19-16)10-9-12-7-6-8-13(23)11-12/h6-11,23H,4-5H2,1-3H3/b10-9+. The largest absolute Gasteiger partial charge is 0.508 e. The summed E-state index contributed by atoms with van der Waals surface area (Å²) in [6.07, 6.45) is 3.56. The second-order valence-corrected chi connectivity index (χ2v) is 5.71. The summed E-state index contributed by atoms with van der Waals surface area (Å²) >= 11 is 0. The van der Waals surface area contributed by atoms with Crippen molar-refractivity contribution in [3.05, 3.63) is 56.5 Å². The highest BCUT2D eigenvalue weighted by Crippen LogP contribution is 2.16. The molecule has 2 aromatic heterocycles. The number of imidazole rings is 1. The van der Waals surface area contributed by atoms with Crippen LogP contribution in [0.5, 0.6) is 5.75 Å². The van der Waals surface area contributed by atoms with Crippen LogP contribution in [0.15, 0.2) is 33.9 Å². The van der Waals surface area contributed by atoms with Gasteiger partial charge in [-0.3, -0.25) is 13.9 Å². The van der Waals surface area contributed by atoms with Gasteiger partial charge in [0.1, 0.15) is 11.6 Å². The lowest BCUT2D eigenvalue weighted by atomic mass is 10.2. The Hall–Kier alpha value is -3.09. The van der Waals surface area contributed by atoms with Crippen molar-refractivity contribution in [3.8, 4) is 5.75 Å². The van der Waals surface area contributed by atoms with Crippen molar-refractivity contribution in [1.29, 1.82) is 0 Å². The third-order valence-corrected chi connectivity index (χ3v) is 4.20. The average molecular weight is 340 g/mol.